The Labute approximate surface area is 77.3 Å². The molecule has 0 spiro atoms. The standard InChI is InChI=1S/C7H14ClNO3/c1-9(2,3)4-5-12-6(8)7(10)11/h6H,4-5H2,1-3H3/p+1. The number of carboxylic acids is 1. The van der Waals surface area contributed by atoms with Gasteiger partial charge in [-0.25, -0.2) is 4.79 Å². The Morgan fingerprint density at radius 3 is 2.42 bits per heavy atom. The number of carbonyl (C=O) groups is 1. The molecule has 72 valence electrons. The van der Waals surface area contributed by atoms with E-state index in [1.54, 1.807) is 0 Å². The Morgan fingerprint density at radius 1 is 1.58 bits per heavy atom. The molecule has 0 rings (SSSR count). The van der Waals surface area contributed by atoms with Gasteiger partial charge in [-0.15, -0.1) is 0 Å². The van der Waals surface area contributed by atoms with Gasteiger partial charge in [-0.05, 0) is 0 Å². The third-order valence-electron chi connectivity index (χ3n) is 1.22. The highest BCUT2D eigenvalue weighted by Gasteiger charge is 2.15. The number of aliphatic carboxylic acids is 1. The minimum atomic E-state index is -1.23. The highest BCUT2D eigenvalue weighted by molar-refractivity contribution is 6.28. The summed E-state index contributed by atoms with van der Waals surface area (Å²) >= 11 is 5.32. The Bertz CT molecular complexity index is 155. The summed E-state index contributed by atoms with van der Waals surface area (Å²) < 4.78 is 5.56. The average Bonchev–Trinajstić information content (AvgIpc) is 1.84. The summed E-state index contributed by atoms with van der Waals surface area (Å²) in [6, 6.07) is 0. The predicted molar refractivity (Wildman–Crippen MR) is 46.1 cm³/mol. The molecule has 0 aromatic rings. The molecular weight excluding hydrogens is 182 g/mol. The number of quaternary nitrogens is 1. The van der Waals surface area contributed by atoms with Crippen molar-refractivity contribution in [2.45, 2.75) is 5.56 Å². The van der Waals surface area contributed by atoms with Gasteiger partial charge in [-0.1, -0.05) is 11.6 Å². The molecule has 1 N–H and O–H groups in total. The van der Waals surface area contributed by atoms with Gasteiger partial charge in [-0.3, -0.25) is 0 Å². The quantitative estimate of drug-likeness (QED) is 0.510. The Balaban J connectivity index is 3.51. The van der Waals surface area contributed by atoms with Crippen molar-refractivity contribution in [3.05, 3.63) is 0 Å². The molecule has 0 bridgehead atoms. The fraction of sp³-hybridized carbons (Fsp3) is 0.857. The molecular formula is C7H15ClNO3+. The van der Waals surface area contributed by atoms with Gasteiger partial charge in [0.05, 0.1) is 27.7 Å². The molecule has 4 nitrogen and oxygen atoms in total. The van der Waals surface area contributed by atoms with E-state index in [1.165, 1.54) is 0 Å². The van der Waals surface area contributed by atoms with Crippen LogP contribution in [0.3, 0.4) is 0 Å². The lowest BCUT2D eigenvalue weighted by molar-refractivity contribution is -0.870. The summed E-state index contributed by atoms with van der Waals surface area (Å²) in [4.78, 5) is 10.2. The molecule has 0 aliphatic heterocycles. The highest BCUT2D eigenvalue weighted by atomic mass is 35.5. The number of carboxylic acid groups (broad SMARTS) is 1. The number of nitrogens with zero attached hydrogens (tertiary/aromatic N) is 1. The molecule has 0 radical (unpaired) electrons. The van der Waals surface area contributed by atoms with Gasteiger partial charge in [-0.2, -0.15) is 0 Å². The fourth-order valence-corrected chi connectivity index (χ4v) is 0.590. The van der Waals surface area contributed by atoms with Crippen molar-refractivity contribution in [2.24, 2.45) is 0 Å². The molecule has 1 unspecified atom stereocenters. The third-order valence-corrected chi connectivity index (χ3v) is 1.53. The van der Waals surface area contributed by atoms with Crippen LogP contribution in [0.1, 0.15) is 0 Å². The average molecular weight is 197 g/mol. The van der Waals surface area contributed by atoms with Crippen LogP contribution in [0.4, 0.5) is 0 Å². The van der Waals surface area contributed by atoms with Gasteiger partial charge in [0.25, 0.3) is 0 Å². The van der Waals surface area contributed by atoms with E-state index in [-0.39, 0.29) is 0 Å². The molecule has 0 heterocycles. The predicted octanol–water partition coefficient (Wildman–Crippen LogP) is 0.359. The van der Waals surface area contributed by atoms with Gasteiger partial charge >= 0.3 is 5.97 Å². The van der Waals surface area contributed by atoms with Crippen LogP contribution >= 0.6 is 11.6 Å². The molecule has 12 heavy (non-hydrogen) atoms. The number of hydrogen-bond acceptors (Lipinski definition) is 2. The summed E-state index contributed by atoms with van der Waals surface area (Å²) in [5.41, 5.74) is -1.23. The van der Waals surface area contributed by atoms with Crippen LogP contribution in [-0.2, 0) is 9.53 Å². The van der Waals surface area contributed by atoms with E-state index in [0.717, 1.165) is 11.0 Å². The lowest BCUT2D eigenvalue weighted by Crippen LogP contribution is -2.38. The first-order valence-electron chi connectivity index (χ1n) is 3.62. The van der Waals surface area contributed by atoms with Crippen LogP contribution in [0.15, 0.2) is 0 Å². The Hall–Kier alpha value is -0.320. The van der Waals surface area contributed by atoms with Gasteiger partial charge in [0.2, 0.25) is 5.56 Å². The van der Waals surface area contributed by atoms with E-state index in [0.29, 0.717) is 6.61 Å². The maximum absolute atomic E-state index is 10.2. The number of ether oxygens (including phenoxy) is 1. The second-order valence-electron chi connectivity index (χ2n) is 3.54. The van der Waals surface area contributed by atoms with Crippen LogP contribution in [0.2, 0.25) is 0 Å². The van der Waals surface area contributed by atoms with E-state index >= 15 is 0 Å². The third kappa shape index (κ3) is 6.39. The van der Waals surface area contributed by atoms with Gasteiger partial charge in [0, 0.05) is 0 Å². The topological polar surface area (TPSA) is 46.5 Å². The summed E-state index contributed by atoms with van der Waals surface area (Å²) in [5.74, 6) is -1.14. The van der Waals surface area contributed by atoms with Crippen LogP contribution in [0, 0.1) is 0 Å². The number of hydrogen-bond donors (Lipinski definition) is 1. The van der Waals surface area contributed by atoms with E-state index in [4.69, 9.17) is 21.4 Å². The molecule has 0 aliphatic carbocycles. The first-order chi connectivity index (χ1) is 5.33. The normalized spacial score (nSPS) is 14.3. The van der Waals surface area contributed by atoms with Crippen molar-refractivity contribution in [3.8, 4) is 0 Å². The summed E-state index contributed by atoms with van der Waals surface area (Å²) in [6.45, 7) is 1.08. The molecule has 0 amide bonds. The second kappa shape index (κ2) is 4.64. The maximum atomic E-state index is 10.2. The number of alkyl halides is 1. The van der Waals surface area contributed by atoms with E-state index in [1.807, 2.05) is 21.1 Å². The summed E-state index contributed by atoms with van der Waals surface area (Å²) in [7, 11) is 5.98. The fourth-order valence-electron chi connectivity index (χ4n) is 0.501. The Morgan fingerprint density at radius 2 is 2.08 bits per heavy atom. The van der Waals surface area contributed by atoms with E-state index in [2.05, 4.69) is 0 Å². The zero-order valence-electron chi connectivity index (χ0n) is 7.58. The SMILES string of the molecule is C[N+](C)(C)CCOC(Cl)C(=O)O. The van der Waals surface area contributed by atoms with Crippen molar-refractivity contribution in [1.29, 1.82) is 0 Å². The Kier molecular flexibility index (Phi) is 4.52. The van der Waals surface area contributed by atoms with E-state index in [9.17, 15) is 4.79 Å². The van der Waals surface area contributed by atoms with Crippen molar-refractivity contribution < 1.29 is 19.1 Å². The highest BCUT2D eigenvalue weighted by Crippen LogP contribution is 1.99. The van der Waals surface area contributed by atoms with Crippen LogP contribution in [0.25, 0.3) is 0 Å². The second-order valence-corrected chi connectivity index (χ2v) is 3.94. The van der Waals surface area contributed by atoms with Crippen molar-refractivity contribution >= 4 is 17.6 Å². The minimum Gasteiger partial charge on any atom is -0.478 e. The molecule has 0 fully saturated rings. The van der Waals surface area contributed by atoms with E-state index < -0.39 is 11.5 Å². The molecule has 0 aromatic heterocycles. The number of likely N-dealkylation sites (N-methyl/N-ethyl adjacent to an activating group) is 1. The molecule has 0 saturated carbocycles. The van der Waals surface area contributed by atoms with Crippen molar-refractivity contribution in [1.82, 2.24) is 0 Å². The largest absolute Gasteiger partial charge is 0.478 e. The molecule has 0 saturated heterocycles. The van der Waals surface area contributed by atoms with Gasteiger partial charge in [0.15, 0.2) is 0 Å². The zero-order chi connectivity index (χ0) is 9.78. The summed E-state index contributed by atoms with van der Waals surface area (Å²) in [6.07, 6.45) is 0. The smallest absolute Gasteiger partial charge is 0.348 e. The van der Waals surface area contributed by atoms with Crippen molar-refractivity contribution in [2.75, 3.05) is 34.3 Å². The monoisotopic (exact) mass is 196 g/mol. The lowest BCUT2D eigenvalue weighted by atomic mass is 10.5. The molecule has 0 aliphatic rings. The number of halogens is 1. The summed E-state index contributed by atoms with van der Waals surface area (Å²) in [5, 5.41) is 8.35. The van der Waals surface area contributed by atoms with Crippen LogP contribution in [-0.4, -0.2) is 55.4 Å². The maximum Gasteiger partial charge on any atom is 0.348 e. The van der Waals surface area contributed by atoms with Gasteiger partial charge < -0.3 is 14.3 Å². The minimum absolute atomic E-state index is 0.351. The van der Waals surface area contributed by atoms with Gasteiger partial charge in [0.1, 0.15) is 6.54 Å². The zero-order valence-corrected chi connectivity index (χ0v) is 8.34. The van der Waals surface area contributed by atoms with Crippen LogP contribution in [0.5, 0.6) is 0 Å². The van der Waals surface area contributed by atoms with Crippen LogP contribution < -0.4 is 0 Å². The van der Waals surface area contributed by atoms with Crippen molar-refractivity contribution in [3.63, 3.8) is 0 Å². The molecule has 0 aromatic carbocycles. The first kappa shape index (κ1) is 11.7. The first-order valence-corrected chi connectivity index (χ1v) is 4.05. The molecule has 5 heteroatoms. The number of rotatable bonds is 5. The molecule has 1 atom stereocenters. The lowest BCUT2D eigenvalue weighted by Gasteiger charge is -2.23.